The zero-order valence-corrected chi connectivity index (χ0v) is 11.4. The molecule has 0 spiro atoms. The standard InChI is InChI=1S/C16H19N3O/c17-8-11-19(13-15-4-2-1-3-5-15)16(20)12-14-6-9-18-10-7-14/h1-7,9-10H,8,11-13,17H2. The SMILES string of the molecule is NCCN(Cc1ccccc1)C(=O)Cc1ccncc1. The Morgan fingerprint density at radius 1 is 1.05 bits per heavy atom. The number of carbonyl (C=O) groups excluding carboxylic acids is 1. The van der Waals surface area contributed by atoms with Gasteiger partial charge in [0.1, 0.15) is 0 Å². The van der Waals surface area contributed by atoms with Crippen LogP contribution in [-0.4, -0.2) is 28.9 Å². The third-order valence-corrected chi connectivity index (χ3v) is 3.07. The molecule has 0 unspecified atom stereocenters. The van der Waals surface area contributed by atoms with Crippen LogP contribution in [0.3, 0.4) is 0 Å². The van der Waals surface area contributed by atoms with Crippen LogP contribution in [0.25, 0.3) is 0 Å². The van der Waals surface area contributed by atoms with Crippen LogP contribution in [-0.2, 0) is 17.8 Å². The highest BCUT2D eigenvalue weighted by Crippen LogP contribution is 2.07. The molecule has 1 aromatic heterocycles. The first kappa shape index (κ1) is 14.2. The first-order valence-corrected chi connectivity index (χ1v) is 6.70. The quantitative estimate of drug-likeness (QED) is 0.866. The molecule has 1 aromatic carbocycles. The first-order valence-electron chi connectivity index (χ1n) is 6.70. The second-order valence-corrected chi connectivity index (χ2v) is 4.62. The summed E-state index contributed by atoms with van der Waals surface area (Å²) in [5.41, 5.74) is 7.70. The van der Waals surface area contributed by atoms with Crippen molar-refractivity contribution in [2.24, 2.45) is 5.73 Å². The van der Waals surface area contributed by atoms with E-state index in [-0.39, 0.29) is 5.91 Å². The predicted molar refractivity (Wildman–Crippen MR) is 78.9 cm³/mol. The lowest BCUT2D eigenvalue weighted by Crippen LogP contribution is -2.35. The number of hydrogen-bond donors (Lipinski definition) is 1. The van der Waals surface area contributed by atoms with Crippen LogP contribution in [0, 0.1) is 0 Å². The van der Waals surface area contributed by atoms with Crippen LogP contribution in [0.5, 0.6) is 0 Å². The Bertz CT molecular complexity index is 528. The topological polar surface area (TPSA) is 59.2 Å². The zero-order chi connectivity index (χ0) is 14.2. The lowest BCUT2D eigenvalue weighted by Gasteiger charge is -2.22. The maximum absolute atomic E-state index is 12.4. The van der Waals surface area contributed by atoms with Crippen molar-refractivity contribution in [1.82, 2.24) is 9.88 Å². The average Bonchev–Trinajstić information content (AvgIpc) is 2.49. The van der Waals surface area contributed by atoms with Crippen LogP contribution in [0.4, 0.5) is 0 Å². The summed E-state index contributed by atoms with van der Waals surface area (Å²) in [5.74, 6) is 0.0884. The zero-order valence-electron chi connectivity index (χ0n) is 11.4. The van der Waals surface area contributed by atoms with Crippen molar-refractivity contribution in [3.63, 3.8) is 0 Å². The highest BCUT2D eigenvalue weighted by atomic mass is 16.2. The Morgan fingerprint density at radius 3 is 2.40 bits per heavy atom. The van der Waals surface area contributed by atoms with Gasteiger partial charge in [0.25, 0.3) is 0 Å². The first-order chi connectivity index (χ1) is 9.79. The molecular formula is C16H19N3O. The number of pyridine rings is 1. The summed E-state index contributed by atoms with van der Waals surface area (Å²) in [5, 5.41) is 0. The Morgan fingerprint density at radius 2 is 1.75 bits per heavy atom. The molecule has 0 fully saturated rings. The number of hydrogen-bond acceptors (Lipinski definition) is 3. The molecule has 0 aliphatic carbocycles. The van der Waals surface area contributed by atoms with Gasteiger partial charge in [-0.15, -0.1) is 0 Å². The molecule has 2 N–H and O–H groups in total. The maximum atomic E-state index is 12.4. The lowest BCUT2D eigenvalue weighted by atomic mass is 10.1. The van der Waals surface area contributed by atoms with Crippen LogP contribution in [0.1, 0.15) is 11.1 Å². The summed E-state index contributed by atoms with van der Waals surface area (Å²) in [7, 11) is 0. The number of benzene rings is 1. The molecule has 0 saturated carbocycles. The fourth-order valence-electron chi connectivity index (χ4n) is 2.04. The molecule has 2 rings (SSSR count). The molecule has 0 radical (unpaired) electrons. The fraction of sp³-hybridized carbons (Fsp3) is 0.250. The summed E-state index contributed by atoms with van der Waals surface area (Å²) in [6.45, 7) is 1.63. The van der Waals surface area contributed by atoms with E-state index in [0.717, 1.165) is 11.1 Å². The molecule has 0 saturated heterocycles. The molecule has 2 aromatic rings. The molecular weight excluding hydrogens is 250 g/mol. The summed E-state index contributed by atoms with van der Waals surface area (Å²) in [6, 6.07) is 13.7. The Hall–Kier alpha value is -2.20. The van der Waals surface area contributed by atoms with Gasteiger partial charge in [-0.1, -0.05) is 30.3 Å². The van der Waals surface area contributed by atoms with Crippen LogP contribution in [0.2, 0.25) is 0 Å². The van der Waals surface area contributed by atoms with Crippen LogP contribution in [0.15, 0.2) is 54.9 Å². The third kappa shape index (κ3) is 4.17. The van der Waals surface area contributed by atoms with Crippen LogP contribution < -0.4 is 5.73 Å². The van der Waals surface area contributed by atoms with Gasteiger partial charge in [0, 0.05) is 32.0 Å². The Kier molecular flexibility index (Phi) is 5.26. The normalized spacial score (nSPS) is 10.2. The predicted octanol–water partition coefficient (Wildman–Crippen LogP) is 1.61. The minimum Gasteiger partial charge on any atom is -0.337 e. The van der Waals surface area contributed by atoms with Crippen LogP contribution >= 0.6 is 0 Å². The monoisotopic (exact) mass is 269 g/mol. The largest absolute Gasteiger partial charge is 0.337 e. The average molecular weight is 269 g/mol. The number of amides is 1. The van der Waals surface area contributed by atoms with Gasteiger partial charge in [-0.3, -0.25) is 9.78 Å². The summed E-state index contributed by atoms with van der Waals surface area (Å²) in [4.78, 5) is 18.1. The minimum absolute atomic E-state index is 0.0884. The molecule has 4 heteroatoms. The molecule has 0 aliphatic rings. The number of rotatable bonds is 6. The molecule has 0 bridgehead atoms. The van der Waals surface area contributed by atoms with E-state index >= 15 is 0 Å². The van der Waals surface area contributed by atoms with Crippen molar-refractivity contribution >= 4 is 5.91 Å². The summed E-state index contributed by atoms with van der Waals surface area (Å²) in [6.07, 6.45) is 3.79. The second kappa shape index (κ2) is 7.40. The van der Waals surface area contributed by atoms with Crippen molar-refractivity contribution in [2.75, 3.05) is 13.1 Å². The molecule has 1 amide bonds. The van der Waals surface area contributed by atoms with E-state index in [1.807, 2.05) is 42.5 Å². The van der Waals surface area contributed by atoms with E-state index in [4.69, 9.17) is 5.73 Å². The number of aromatic nitrogens is 1. The lowest BCUT2D eigenvalue weighted by molar-refractivity contribution is -0.131. The molecule has 0 aliphatic heterocycles. The third-order valence-electron chi connectivity index (χ3n) is 3.07. The van der Waals surface area contributed by atoms with Crippen molar-refractivity contribution in [1.29, 1.82) is 0 Å². The van der Waals surface area contributed by atoms with Gasteiger partial charge < -0.3 is 10.6 Å². The molecule has 4 nitrogen and oxygen atoms in total. The van der Waals surface area contributed by atoms with E-state index in [2.05, 4.69) is 4.98 Å². The summed E-state index contributed by atoms with van der Waals surface area (Å²) >= 11 is 0. The highest BCUT2D eigenvalue weighted by Gasteiger charge is 2.13. The second-order valence-electron chi connectivity index (χ2n) is 4.62. The van der Waals surface area contributed by atoms with Gasteiger partial charge in [-0.2, -0.15) is 0 Å². The number of carbonyl (C=O) groups is 1. The van der Waals surface area contributed by atoms with Gasteiger partial charge in [-0.25, -0.2) is 0 Å². The highest BCUT2D eigenvalue weighted by molar-refractivity contribution is 5.78. The molecule has 0 atom stereocenters. The Balaban J connectivity index is 2.02. The molecule has 20 heavy (non-hydrogen) atoms. The van der Waals surface area contributed by atoms with Gasteiger partial charge in [-0.05, 0) is 23.3 Å². The van der Waals surface area contributed by atoms with Crippen molar-refractivity contribution < 1.29 is 4.79 Å². The smallest absolute Gasteiger partial charge is 0.227 e. The minimum atomic E-state index is 0.0884. The van der Waals surface area contributed by atoms with Gasteiger partial charge in [0.05, 0.1) is 6.42 Å². The maximum Gasteiger partial charge on any atom is 0.227 e. The van der Waals surface area contributed by atoms with Crippen molar-refractivity contribution in [3.05, 3.63) is 66.0 Å². The van der Waals surface area contributed by atoms with E-state index in [1.165, 1.54) is 0 Å². The molecule has 104 valence electrons. The summed E-state index contributed by atoms with van der Waals surface area (Å²) < 4.78 is 0. The Labute approximate surface area is 119 Å². The molecule has 1 heterocycles. The van der Waals surface area contributed by atoms with E-state index in [9.17, 15) is 4.79 Å². The van der Waals surface area contributed by atoms with E-state index in [1.54, 1.807) is 17.3 Å². The van der Waals surface area contributed by atoms with E-state index < -0.39 is 0 Å². The van der Waals surface area contributed by atoms with Crippen molar-refractivity contribution in [3.8, 4) is 0 Å². The van der Waals surface area contributed by atoms with Gasteiger partial charge in [0.15, 0.2) is 0 Å². The van der Waals surface area contributed by atoms with Gasteiger partial charge >= 0.3 is 0 Å². The van der Waals surface area contributed by atoms with Gasteiger partial charge in [0.2, 0.25) is 5.91 Å². The van der Waals surface area contributed by atoms with E-state index in [0.29, 0.717) is 26.1 Å². The fourth-order valence-corrected chi connectivity index (χ4v) is 2.04. The number of nitrogens with zero attached hydrogens (tertiary/aromatic N) is 2. The number of nitrogens with two attached hydrogens (primary N) is 1. The van der Waals surface area contributed by atoms with Crippen molar-refractivity contribution in [2.45, 2.75) is 13.0 Å².